The van der Waals surface area contributed by atoms with Gasteiger partial charge in [-0.3, -0.25) is 14.2 Å². The molecule has 1 fully saturated rings. The van der Waals surface area contributed by atoms with Gasteiger partial charge in [-0.05, 0) is 51.5 Å². The number of nitrogens with one attached hydrogen (secondary N) is 1. The number of aromatic hydroxyl groups is 1. The van der Waals surface area contributed by atoms with Crippen molar-refractivity contribution in [1.82, 2.24) is 24.4 Å². The molecule has 34 heavy (non-hydrogen) atoms. The molecule has 0 atom stereocenters. The highest BCUT2D eigenvalue weighted by Crippen LogP contribution is 2.29. The highest BCUT2D eigenvalue weighted by molar-refractivity contribution is 5.97. The van der Waals surface area contributed by atoms with E-state index in [1.165, 1.54) is 9.08 Å². The van der Waals surface area contributed by atoms with E-state index >= 15 is 0 Å². The predicted molar refractivity (Wildman–Crippen MR) is 127 cm³/mol. The molecule has 1 saturated carbocycles. The third kappa shape index (κ3) is 4.80. The lowest BCUT2D eigenvalue weighted by molar-refractivity contribution is 0.0270. The maximum atomic E-state index is 13.4. The van der Waals surface area contributed by atoms with Crippen molar-refractivity contribution in [2.45, 2.75) is 72.1 Å². The topological polar surface area (TPSA) is 118 Å². The average molecular weight is 472 g/mol. The standard InChI is InChI=1S/C24H33N5O5/c1-14(2)13-28-20-17(15-8-10-27(11-9-15)23(33)34-24(3,4)5)12-25-29(20)22(32)18(21(28)31)19(30)26-16-6-7-16/h8,12,14,16,32H,6-7,9-11,13H2,1-5H3,(H,26,30). The largest absolute Gasteiger partial charge is 0.492 e. The summed E-state index contributed by atoms with van der Waals surface area (Å²) in [5.41, 5.74) is 0.662. The molecule has 184 valence electrons. The van der Waals surface area contributed by atoms with Gasteiger partial charge in [0.1, 0.15) is 11.2 Å². The third-order valence-corrected chi connectivity index (χ3v) is 5.78. The molecule has 10 nitrogen and oxygen atoms in total. The van der Waals surface area contributed by atoms with Crippen LogP contribution < -0.4 is 10.9 Å². The fourth-order valence-corrected chi connectivity index (χ4v) is 4.04. The van der Waals surface area contributed by atoms with Crippen LogP contribution in [0.1, 0.15) is 69.8 Å². The minimum Gasteiger partial charge on any atom is -0.492 e. The monoisotopic (exact) mass is 471 g/mol. The molecule has 4 rings (SSSR count). The van der Waals surface area contributed by atoms with Crippen LogP contribution in [0.2, 0.25) is 0 Å². The van der Waals surface area contributed by atoms with Gasteiger partial charge in [0.2, 0.25) is 5.88 Å². The number of rotatable bonds is 5. The van der Waals surface area contributed by atoms with Gasteiger partial charge in [0, 0.05) is 31.2 Å². The van der Waals surface area contributed by atoms with E-state index in [4.69, 9.17) is 4.74 Å². The second-order valence-corrected chi connectivity index (χ2v) is 10.5. The summed E-state index contributed by atoms with van der Waals surface area (Å²) in [6, 6.07) is 0.0500. The molecule has 1 aliphatic heterocycles. The summed E-state index contributed by atoms with van der Waals surface area (Å²) in [4.78, 5) is 40.2. The lowest BCUT2D eigenvalue weighted by atomic mass is 10.0. The van der Waals surface area contributed by atoms with Gasteiger partial charge in [0.25, 0.3) is 11.5 Å². The number of aromatic nitrogens is 3. The van der Waals surface area contributed by atoms with Crippen molar-refractivity contribution >= 4 is 23.2 Å². The second kappa shape index (κ2) is 8.81. The fourth-order valence-electron chi connectivity index (χ4n) is 4.04. The van der Waals surface area contributed by atoms with Crippen molar-refractivity contribution in [3.05, 3.63) is 33.8 Å². The Morgan fingerprint density at radius 1 is 1.29 bits per heavy atom. The highest BCUT2D eigenvalue weighted by atomic mass is 16.6. The Bertz CT molecular complexity index is 1210. The van der Waals surface area contributed by atoms with Gasteiger partial charge in [-0.1, -0.05) is 19.9 Å². The molecule has 1 aliphatic carbocycles. The first-order valence-electron chi connectivity index (χ1n) is 11.8. The summed E-state index contributed by atoms with van der Waals surface area (Å²) in [5, 5.41) is 18.0. The molecule has 0 unspecified atom stereocenters. The van der Waals surface area contributed by atoms with Crippen molar-refractivity contribution < 1.29 is 19.4 Å². The number of nitrogens with zero attached hydrogens (tertiary/aromatic N) is 4. The average Bonchev–Trinajstić information content (AvgIpc) is 3.44. The molecule has 10 heteroatoms. The van der Waals surface area contributed by atoms with E-state index in [1.807, 2.05) is 40.7 Å². The lowest BCUT2D eigenvalue weighted by Gasteiger charge is -2.29. The van der Waals surface area contributed by atoms with Crippen LogP contribution in [0.25, 0.3) is 11.2 Å². The molecule has 0 aromatic carbocycles. The Hall–Kier alpha value is -3.30. The third-order valence-electron chi connectivity index (χ3n) is 5.78. The molecule has 2 N–H and O–H groups in total. The number of fused-ring (bicyclic) bond motifs is 1. The zero-order valence-corrected chi connectivity index (χ0v) is 20.4. The summed E-state index contributed by atoms with van der Waals surface area (Å²) in [5.74, 6) is -0.918. The second-order valence-electron chi connectivity index (χ2n) is 10.5. The SMILES string of the molecule is CC(C)Cn1c(=O)c(C(=O)NC2CC2)c(O)n2ncc(C3=CCN(C(=O)OC(C)(C)C)CC3)c12. The first kappa shape index (κ1) is 23.8. The number of carbonyl (C=O) groups excluding carboxylic acids is 2. The zero-order chi connectivity index (χ0) is 24.8. The van der Waals surface area contributed by atoms with Crippen LogP contribution in [0.5, 0.6) is 5.88 Å². The molecule has 0 saturated heterocycles. The van der Waals surface area contributed by atoms with Gasteiger partial charge >= 0.3 is 6.09 Å². The molecule has 3 heterocycles. The fraction of sp³-hybridized carbons (Fsp3) is 0.583. The molecule has 2 aliphatic rings. The maximum absolute atomic E-state index is 13.4. The van der Waals surface area contributed by atoms with E-state index in [1.54, 1.807) is 11.1 Å². The Kier molecular flexibility index (Phi) is 6.18. The van der Waals surface area contributed by atoms with Gasteiger partial charge in [-0.15, -0.1) is 0 Å². The zero-order valence-electron chi connectivity index (χ0n) is 20.4. The molecule has 2 aromatic rings. The number of ether oxygens (including phenoxy) is 1. The van der Waals surface area contributed by atoms with E-state index in [0.717, 1.165) is 18.4 Å². The molecular formula is C24H33N5O5. The smallest absolute Gasteiger partial charge is 0.410 e. The Morgan fingerprint density at radius 2 is 2.00 bits per heavy atom. The molecule has 0 bridgehead atoms. The van der Waals surface area contributed by atoms with E-state index in [9.17, 15) is 19.5 Å². The van der Waals surface area contributed by atoms with Crippen LogP contribution in [-0.2, 0) is 11.3 Å². The molecule has 0 radical (unpaired) electrons. The summed E-state index contributed by atoms with van der Waals surface area (Å²) in [7, 11) is 0. The normalized spacial score (nSPS) is 16.6. The van der Waals surface area contributed by atoms with Gasteiger partial charge < -0.3 is 20.1 Å². The number of hydrogen-bond acceptors (Lipinski definition) is 6. The van der Waals surface area contributed by atoms with Crippen LogP contribution in [-0.4, -0.2) is 60.9 Å². The maximum Gasteiger partial charge on any atom is 0.410 e. The lowest BCUT2D eigenvalue weighted by Crippen LogP contribution is -2.39. The van der Waals surface area contributed by atoms with Gasteiger partial charge in [0.15, 0.2) is 5.56 Å². The molecule has 2 amide bonds. The summed E-state index contributed by atoms with van der Waals surface area (Å²) in [6.45, 7) is 10.6. The van der Waals surface area contributed by atoms with E-state index < -0.39 is 22.9 Å². The van der Waals surface area contributed by atoms with Gasteiger partial charge in [-0.2, -0.15) is 9.61 Å². The van der Waals surface area contributed by atoms with Crippen LogP contribution in [0.15, 0.2) is 17.1 Å². The quantitative estimate of drug-likeness (QED) is 0.692. The van der Waals surface area contributed by atoms with Crippen LogP contribution in [0, 0.1) is 5.92 Å². The van der Waals surface area contributed by atoms with Crippen LogP contribution in [0.3, 0.4) is 0 Å². The minimum atomic E-state index is -0.577. The summed E-state index contributed by atoms with van der Waals surface area (Å²) >= 11 is 0. The van der Waals surface area contributed by atoms with E-state index in [0.29, 0.717) is 37.3 Å². The minimum absolute atomic E-state index is 0.0500. The van der Waals surface area contributed by atoms with Crippen molar-refractivity contribution in [1.29, 1.82) is 0 Å². The van der Waals surface area contributed by atoms with Crippen molar-refractivity contribution in [2.24, 2.45) is 5.92 Å². The Balaban J connectivity index is 1.73. The van der Waals surface area contributed by atoms with Gasteiger partial charge in [-0.25, -0.2) is 4.79 Å². The Morgan fingerprint density at radius 3 is 2.56 bits per heavy atom. The van der Waals surface area contributed by atoms with Crippen molar-refractivity contribution in [3.8, 4) is 5.88 Å². The van der Waals surface area contributed by atoms with E-state index in [2.05, 4.69) is 10.4 Å². The van der Waals surface area contributed by atoms with Crippen LogP contribution >= 0.6 is 0 Å². The first-order valence-corrected chi connectivity index (χ1v) is 11.8. The Labute approximate surface area is 198 Å². The van der Waals surface area contributed by atoms with Crippen molar-refractivity contribution in [3.63, 3.8) is 0 Å². The summed E-state index contributed by atoms with van der Waals surface area (Å²) < 4.78 is 8.25. The number of hydrogen-bond donors (Lipinski definition) is 2. The number of carbonyl (C=O) groups is 2. The molecule has 2 aromatic heterocycles. The molecular weight excluding hydrogens is 438 g/mol. The van der Waals surface area contributed by atoms with Crippen molar-refractivity contribution in [2.75, 3.05) is 13.1 Å². The highest BCUT2D eigenvalue weighted by Gasteiger charge is 2.31. The molecule has 0 spiro atoms. The predicted octanol–water partition coefficient (Wildman–Crippen LogP) is 2.77. The van der Waals surface area contributed by atoms with Gasteiger partial charge in [0.05, 0.1) is 6.20 Å². The number of amides is 2. The first-order chi connectivity index (χ1) is 16.0. The van der Waals surface area contributed by atoms with Crippen LogP contribution in [0.4, 0.5) is 4.79 Å². The van der Waals surface area contributed by atoms with E-state index in [-0.39, 0.29) is 23.6 Å². The summed E-state index contributed by atoms with van der Waals surface area (Å²) in [6.07, 6.45) is 5.43.